The molecule has 0 spiro atoms. The summed E-state index contributed by atoms with van der Waals surface area (Å²) >= 11 is 0. The van der Waals surface area contributed by atoms with Crippen LogP contribution >= 0.6 is 0 Å². The fourth-order valence-electron chi connectivity index (χ4n) is 2.77. The van der Waals surface area contributed by atoms with Gasteiger partial charge in [-0.15, -0.1) is 0 Å². The fraction of sp³-hybridized carbons (Fsp3) is 0.190. The Balaban J connectivity index is 1.76. The summed E-state index contributed by atoms with van der Waals surface area (Å²) < 4.78 is 10.1. The van der Waals surface area contributed by atoms with Crippen LogP contribution < -0.4 is 15.4 Å². The van der Waals surface area contributed by atoms with Crippen LogP contribution in [0.15, 0.2) is 53.1 Å². The quantitative estimate of drug-likeness (QED) is 0.502. The molecule has 158 valence electrons. The number of hydrogen-bond acceptors (Lipinski definition) is 7. The van der Waals surface area contributed by atoms with Gasteiger partial charge in [0.05, 0.1) is 24.8 Å². The third-order valence-corrected chi connectivity index (χ3v) is 4.27. The predicted molar refractivity (Wildman–Crippen MR) is 108 cm³/mol. The van der Waals surface area contributed by atoms with Crippen LogP contribution in [0.1, 0.15) is 28.9 Å². The Morgan fingerprint density at radius 2 is 1.90 bits per heavy atom. The normalized spacial score (nSPS) is 11.2. The molecule has 3 aromatic rings. The number of benzene rings is 2. The van der Waals surface area contributed by atoms with E-state index in [0.717, 1.165) is 5.56 Å². The van der Waals surface area contributed by atoms with E-state index in [0.29, 0.717) is 23.4 Å². The van der Waals surface area contributed by atoms with Crippen LogP contribution in [0.2, 0.25) is 0 Å². The molecule has 2 aromatic carbocycles. The first-order valence-electron chi connectivity index (χ1n) is 9.21. The van der Waals surface area contributed by atoms with Crippen molar-refractivity contribution in [3.05, 3.63) is 71.4 Å². The summed E-state index contributed by atoms with van der Waals surface area (Å²) in [5.74, 6) is -0.317. The predicted octanol–water partition coefficient (Wildman–Crippen LogP) is 2.68. The summed E-state index contributed by atoms with van der Waals surface area (Å²) in [6.45, 7) is 0. The number of carboxylic acids is 1. The second-order valence-corrected chi connectivity index (χ2v) is 6.51. The Morgan fingerprint density at radius 3 is 2.52 bits per heavy atom. The maximum Gasteiger partial charge on any atom is 0.319 e. The van der Waals surface area contributed by atoms with Gasteiger partial charge in [0.25, 0.3) is 0 Å². The molecule has 1 atom stereocenters. The minimum atomic E-state index is -1.10. The number of aliphatic carboxylic acids is 1. The van der Waals surface area contributed by atoms with Gasteiger partial charge in [0.1, 0.15) is 12.2 Å². The van der Waals surface area contributed by atoms with Crippen LogP contribution in [0.5, 0.6) is 5.75 Å². The van der Waals surface area contributed by atoms with Gasteiger partial charge < -0.3 is 25.0 Å². The lowest BCUT2D eigenvalue weighted by Crippen LogP contribution is -2.34. The second kappa shape index (κ2) is 9.89. The number of hydrogen-bond donors (Lipinski definition) is 3. The van der Waals surface area contributed by atoms with E-state index in [-0.39, 0.29) is 11.7 Å². The number of methoxy groups -OCH3 is 1. The summed E-state index contributed by atoms with van der Waals surface area (Å²) in [6.07, 6.45) is -0.0868. The molecule has 0 aliphatic carbocycles. The third-order valence-electron chi connectivity index (χ3n) is 4.27. The van der Waals surface area contributed by atoms with Crippen molar-refractivity contribution in [2.75, 3.05) is 12.4 Å². The molecular weight excluding hydrogens is 402 g/mol. The average molecular weight is 421 g/mol. The molecule has 0 fully saturated rings. The van der Waals surface area contributed by atoms with E-state index in [9.17, 15) is 9.59 Å². The largest absolute Gasteiger partial charge is 0.497 e. The number of ether oxygens (including phenoxy) is 1. The number of rotatable bonds is 8. The molecule has 1 aromatic heterocycles. The molecule has 0 aliphatic rings. The van der Waals surface area contributed by atoms with Crippen LogP contribution in [0.3, 0.4) is 0 Å². The molecule has 0 saturated heterocycles. The minimum Gasteiger partial charge on any atom is -0.497 e. The number of carbonyl (C=O) groups is 2. The summed E-state index contributed by atoms with van der Waals surface area (Å²) in [7, 11) is 1.57. The van der Waals surface area contributed by atoms with Crippen LogP contribution in [0.25, 0.3) is 0 Å². The summed E-state index contributed by atoms with van der Waals surface area (Å²) in [4.78, 5) is 27.5. The van der Waals surface area contributed by atoms with Gasteiger partial charge in [-0.05, 0) is 42.0 Å². The number of nitrogens with one attached hydrogen (secondary N) is 2. The molecule has 31 heavy (non-hydrogen) atoms. The molecule has 0 bridgehead atoms. The van der Waals surface area contributed by atoms with E-state index in [2.05, 4.69) is 20.8 Å². The number of carboxylic acid groups (broad SMARTS) is 1. The van der Waals surface area contributed by atoms with E-state index in [1.807, 2.05) is 18.2 Å². The standard InChI is InChI=1S/C21H19N5O5/c1-30-16-8-4-13(5-9-16)10-17(20-25-18(31-26-20)11-19(27)28)24-21(29)23-15-6-2-14(12-22)3-7-15/h2-9,17H,10-11H2,1H3,(H,27,28)(H2,23,24,29)/t17-/m0/s1. The molecule has 3 rings (SSSR count). The number of nitrogens with zero attached hydrogens (tertiary/aromatic N) is 3. The van der Waals surface area contributed by atoms with Gasteiger partial charge in [-0.1, -0.05) is 17.3 Å². The van der Waals surface area contributed by atoms with Crippen molar-refractivity contribution in [3.8, 4) is 11.8 Å². The second-order valence-electron chi connectivity index (χ2n) is 6.51. The van der Waals surface area contributed by atoms with E-state index >= 15 is 0 Å². The highest BCUT2D eigenvalue weighted by Crippen LogP contribution is 2.19. The van der Waals surface area contributed by atoms with Gasteiger partial charge in [0.2, 0.25) is 5.89 Å². The number of aromatic nitrogens is 2. The topological polar surface area (TPSA) is 150 Å². The molecule has 1 heterocycles. The number of anilines is 1. The molecule has 10 nitrogen and oxygen atoms in total. The third kappa shape index (κ3) is 6.04. The number of urea groups is 1. The first-order valence-corrected chi connectivity index (χ1v) is 9.21. The van der Waals surface area contributed by atoms with Crippen LogP contribution in [-0.2, 0) is 17.6 Å². The van der Waals surface area contributed by atoms with Crippen molar-refractivity contribution in [1.82, 2.24) is 15.5 Å². The SMILES string of the molecule is COc1ccc(C[C@H](NC(=O)Nc2ccc(C#N)cc2)c2noc(CC(=O)O)n2)cc1. The lowest BCUT2D eigenvalue weighted by molar-refractivity contribution is -0.136. The van der Waals surface area contributed by atoms with E-state index in [1.54, 1.807) is 43.5 Å². The highest BCUT2D eigenvalue weighted by molar-refractivity contribution is 5.89. The van der Waals surface area contributed by atoms with Crippen molar-refractivity contribution in [1.29, 1.82) is 5.26 Å². The zero-order valence-electron chi connectivity index (χ0n) is 16.5. The Morgan fingerprint density at radius 1 is 1.19 bits per heavy atom. The van der Waals surface area contributed by atoms with Crippen molar-refractivity contribution in [2.45, 2.75) is 18.9 Å². The number of carbonyl (C=O) groups excluding carboxylic acids is 1. The average Bonchev–Trinajstić information content (AvgIpc) is 3.22. The Bertz CT molecular complexity index is 1090. The van der Waals surface area contributed by atoms with Gasteiger partial charge in [-0.25, -0.2) is 4.79 Å². The highest BCUT2D eigenvalue weighted by Gasteiger charge is 2.22. The Labute approximate surface area is 177 Å². The summed E-state index contributed by atoms with van der Waals surface area (Å²) in [5.41, 5.74) is 1.84. The molecule has 10 heteroatoms. The highest BCUT2D eigenvalue weighted by atomic mass is 16.5. The minimum absolute atomic E-state index is 0.0588. The molecule has 0 aliphatic heterocycles. The zero-order valence-corrected chi connectivity index (χ0v) is 16.5. The molecule has 2 amide bonds. The van der Waals surface area contributed by atoms with E-state index in [4.69, 9.17) is 19.6 Å². The van der Waals surface area contributed by atoms with Crippen molar-refractivity contribution in [3.63, 3.8) is 0 Å². The number of nitriles is 1. The fourth-order valence-corrected chi connectivity index (χ4v) is 2.77. The van der Waals surface area contributed by atoms with Gasteiger partial charge in [0, 0.05) is 12.1 Å². The van der Waals surface area contributed by atoms with Crippen molar-refractivity contribution >= 4 is 17.7 Å². The smallest absolute Gasteiger partial charge is 0.319 e. The lowest BCUT2D eigenvalue weighted by atomic mass is 10.1. The van der Waals surface area contributed by atoms with Crippen molar-refractivity contribution in [2.24, 2.45) is 0 Å². The van der Waals surface area contributed by atoms with Gasteiger partial charge in [0.15, 0.2) is 5.82 Å². The monoisotopic (exact) mass is 421 g/mol. The summed E-state index contributed by atoms with van der Waals surface area (Å²) in [6, 6.07) is 14.4. The lowest BCUT2D eigenvalue weighted by Gasteiger charge is -2.16. The van der Waals surface area contributed by atoms with Crippen molar-refractivity contribution < 1.29 is 24.0 Å². The molecule has 0 radical (unpaired) electrons. The molecule has 3 N–H and O–H groups in total. The Kier molecular flexibility index (Phi) is 6.80. The molecular formula is C21H19N5O5. The maximum absolute atomic E-state index is 12.5. The molecule has 0 unspecified atom stereocenters. The van der Waals surface area contributed by atoms with Crippen LogP contribution in [0, 0.1) is 11.3 Å². The zero-order chi connectivity index (χ0) is 22.2. The first-order chi connectivity index (χ1) is 15.0. The van der Waals surface area contributed by atoms with Crippen LogP contribution in [-0.4, -0.2) is 34.4 Å². The van der Waals surface area contributed by atoms with E-state index in [1.165, 1.54) is 0 Å². The van der Waals surface area contributed by atoms with Gasteiger partial charge in [-0.2, -0.15) is 10.2 Å². The summed E-state index contributed by atoms with van der Waals surface area (Å²) in [5, 5.41) is 27.1. The molecule has 0 saturated carbocycles. The number of amides is 2. The first kappa shape index (κ1) is 21.3. The van der Waals surface area contributed by atoms with Crippen LogP contribution in [0.4, 0.5) is 10.5 Å². The Hall–Kier alpha value is -4.39. The maximum atomic E-state index is 12.5. The van der Waals surface area contributed by atoms with Gasteiger partial charge in [-0.3, -0.25) is 4.79 Å². The van der Waals surface area contributed by atoms with E-state index < -0.39 is 24.5 Å². The van der Waals surface area contributed by atoms with Gasteiger partial charge >= 0.3 is 12.0 Å².